The predicted molar refractivity (Wildman–Crippen MR) is 113 cm³/mol. The summed E-state index contributed by atoms with van der Waals surface area (Å²) in [6.45, 7) is 10.2. The van der Waals surface area contributed by atoms with Gasteiger partial charge in [0, 0.05) is 24.2 Å². The monoisotopic (exact) mass is 413 g/mol. The number of aromatic nitrogens is 4. The third-order valence-corrected chi connectivity index (χ3v) is 5.45. The Balaban J connectivity index is 1.60. The van der Waals surface area contributed by atoms with Gasteiger partial charge in [-0.25, -0.2) is 4.68 Å². The normalized spacial score (nSPS) is 18.7. The number of tetrazole rings is 1. The SMILES string of the molecule is C[C@H](C(=O)Nc1ccc(CN2CCC[C@H](C(N)=O)C2)cc1)n1nnnc1C(C)(C)C. The van der Waals surface area contributed by atoms with Gasteiger partial charge in [-0.1, -0.05) is 32.9 Å². The van der Waals surface area contributed by atoms with Crippen molar-refractivity contribution in [1.82, 2.24) is 25.1 Å². The minimum atomic E-state index is -0.534. The zero-order valence-electron chi connectivity index (χ0n) is 18.1. The maximum atomic E-state index is 12.7. The van der Waals surface area contributed by atoms with Gasteiger partial charge in [-0.2, -0.15) is 0 Å². The zero-order valence-corrected chi connectivity index (χ0v) is 18.1. The van der Waals surface area contributed by atoms with Gasteiger partial charge in [0.2, 0.25) is 11.8 Å². The molecule has 1 saturated heterocycles. The van der Waals surface area contributed by atoms with Crippen molar-refractivity contribution in [1.29, 1.82) is 0 Å². The Kier molecular flexibility index (Phi) is 6.50. The van der Waals surface area contributed by atoms with Crippen LogP contribution in [0, 0.1) is 5.92 Å². The second kappa shape index (κ2) is 8.91. The highest BCUT2D eigenvalue weighted by atomic mass is 16.2. The van der Waals surface area contributed by atoms with E-state index in [1.807, 2.05) is 45.0 Å². The lowest BCUT2D eigenvalue weighted by Gasteiger charge is -2.31. The van der Waals surface area contributed by atoms with Gasteiger partial charge in [0.15, 0.2) is 5.82 Å². The summed E-state index contributed by atoms with van der Waals surface area (Å²) in [7, 11) is 0. The van der Waals surface area contributed by atoms with Crippen molar-refractivity contribution in [2.75, 3.05) is 18.4 Å². The van der Waals surface area contributed by atoms with Crippen LogP contribution in [-0.2, 0) is 21.5 Å². The van der Waals surface area contributed by atoms with Crippen LogP contribution in [0.5, 0.6) is 0 Å². The van der Waals surface area contributed by atoms with Crippen molar-refractivity contribution in [3.63, 3.8) is 0 Å². The molecule has 0 saturated carbocycles. The van der Waals surface area contributed by atoms with Gasteiger partial charge in [0.25, 0.3) is 0 Å². The molecule has 0 aliphatic carbocycles. The highest BCUT2D eigenvalue weighted by Crippen LogP contribution is 2.23. The summed E-state index contributed by atoms with van der Waals surface area (Å²) in [5.74, 6) is 0.198. The molecule has 0 radical (unpaired) electrons. The summed E-state index contributed by atoms with van der Waals surface area (Å²) in [4.78, 5) is 26.4. The Bertz CT molecular complexity index is 886. The van der Waals surface area contributed by atoms with E-state index in [9.17, 15) is 9.59 Å². The molecule has 9 nitrogen and oxygen atoms in total. The molecule has 1 aromatic heterocycles. The van der Waals surface area contributed by atoms with E-state index in [0.29, 0.717) is 12.4 Å². The number of primary amides is 1. The number of likely N-dealkylation sites (tertiary alicyclic amines) is 1. The standard InChI is InChI=1S/C21H31N7O2/c1-14(28-20(21(2,3)4)24-25-26-28)19(30)23-17-9-7-15(8-10-17)12-27-11-5-6-16(13-27)18(22)29/h7-10,14,16H,5-6,11-13H2,1-4H3,(H2,22,29)(H,23,30)/t14-,16+/m1/s1. The number of piperidine rings is 1. The molecule has 2 aromatic rings. The number of nitrogens with two attached hydrogens (primary N) is 1. The Morgan fingerprint density at radius 2 is 1.97 bits per heavy atom. The smallest absolute Gasteiger partial charge is 0.249 e. The maximum Gasteiger partial charge on any atom is 0.249 e. The lowest BCUT2D eigenvalue weighted by atomic mass is 9.95. The van der Waals surface area contributed by atoms with Crippen LogP contribution in [0.25, 0.3) is 0 Å². The number of nitrogens with zero attached hydrogens (tertiary/aromatic N) is 5. The van der Waals surface area contributed by atoms with E-state index in [0.717, 1.165) is 37.2 Å². The lowest BCUT2D eigenvalue weighted by Crippen LogP contribution is -2.40. The first kappa shape index (κ1) is 21.9. The Morgan fingerprint density at radius 1 is 1.27 bits per heavy atom. The van der Waals surface area contributed by atoms with Gasteiger partial charge < -0.3 is 11.1 Å². The molecule has 1 aliphatic rings. The number of hydrogen-bond donors (Lipinski definition) is 2. The number of nitrogens with one attached hydrogen (secondary N) is 1. The molecule has 162 valence electrons. The average molecular weight is 414 g/mol. The minimum absolute atomic E-state index is 0.0666. The minimum Gasteiger partial charge on any atom is -0.369 e. The van der Waals surface area contributed by atoms with Crippen molar-refractivity contribution in [2.45, 2.75) is 58.5 Å². The quantitative estimate of drug-likeness (QED) is 0.746. The van der Waals surface area contributed by atoms with Crippen molar-refractivity contribution < 1.29 is 9.59 Å². The fourth-order valence-corrected chi connectivity index (χ4v) is 3.69. The maximum absolute atomic E-state index is 12.7. The van der Waals surface area contributed by atoms with Crippen molar-refractivity contribution in [3.05, 3.63) is 35.7 Å². The molecule has 2 heterocycles. The number of hydrogen-bond acceptors (Lipinski definition) is 6. The number of carbonyl (C=O) groups excluding carboxylic acids is 2. The molecule has 2 amide bonds. The molecular weight excluding hydrogens is 382 g/mol. The second-order valence-corrected chi connectivity index (χ2v) is 9.04. The van der Waals surface area contributed by atoms with Gasteiger partial charge in [0.1, 0.15) is 6.04 Å². The van der Waals surface area contributed by atoms with E-state index in [1.54, 1.807) is 11.6 Å². The van der Waals surface area contributed by atoms with Crippen molar-refractivity contribution >= 4 is 17.5 Å². The zero-order chi connectivity index (χ0) is 21.9. The second-order valence-electron chi connectivity index (χ2n) is 9.04. The highest BCUT2D eigenvalue weighted by molar-refractivity contribution is 5.93. The lowest BCUT2D eigenvalue weighted by molar-refractivity contribution is -0.123. The van der Waals surface area contributed by atoms with Crippen LogP contribution < -0.4 is 11.1 Å². The summed E-state index contributed by atoms with van der Waals surface area (Å²) < 4.78 is 1.56. The molecule has 1 aromatic carbocycles. The first-order chi connectivity index (χ1) is 14.1. The van der Waals surface area contributed by atoms with Crippen LogP contribution in [0.15, 0.2) is 24.3 Å². The van der Waals surface area contributed by atoms with Crippen molar-refractivity contribution in [2.24, 2.45) is 11.7 Å². The molecule has 3 N–H and O–H groups in total. The number of rotatable bonds is 6. The van der Waals surface area contributed by atoms with E-state index in [1.165, 1.54) is 0 Å². The van der Waals surface area contributed by atoms with E-state index in [4.69, 9.17) is 5.73 Å². The number of amides is 2. The first-order valence-corrected chi connectivity index (χ1v) is 10.3. The topological polar surface area (TPSA) is 119 Å². The van der Waals surface area contributed by atoms with Crippen LogP contribution in [0.2, 0.25) is 0 Å². The Hall–Kier alpha value is -2.81. The fraction of sp³-hybridized carbons (Fsp3) is 0.571. The van der Waals surface area contributed by atoms with Gasteiger partial charge in [-0.05, 0) is 54.4 Å². The Labute approximate surface area is 177 Å². The number of carbonyl (C=O) groups is 2. The molecule has 1 fully saturated rings. The van der Waals surface area contributed by atoms with E-state index >= 15 is 0 Å². The van der Waals surface area contributed by atoms with Crippen LogP contribution in [0.1, 0.15) is 58.0 Å². The fourth-order valence-electron chi connectivity index (χ4n) is 3.69. The molecule has 9 heteroatoms. The molecule has 30 heavy (non-hydrogen) atoms. The molecule has 0 spiro atoms. The molecule has 0 bridgehead atoms. The van der Waals surface area contributed by atoms with Gasteiger partial charge in [-0.15, -0.1) is 5.10 Å². The molecule has 1 aliphatic heterocycles. The highest BCUT2D eigenvalue weighted by Gasteiger charge is 2.27. The summed E-state index contributed by atoms with van der Waals surface area (Å²) >= 11 is 0. The third kappa shape index (κ3) is 5.21. The molecular formula is C21H31N7O2. The number of anilines is 1. The molecule has 0 unspecified atom stereocenters. The van der Waals surface area contributed by atoms with Crippen LogP contribution >= 0.6 is 0 Å². The van der Waals surface area contributed by atoms with Gasteiger partial charge in [0.05, 0.1) is 5.92 Å². The summed E-state index contributed by atoms with van der Waals surface area (Å²) in [6, 6.07) is 7.23. The van der Waals surface area contributed by atoms with E-state index in [2.05, 4.69) is 25.7 Å². The largest absolute Gasteiger partial charge is 0.369 e. The van der Waals surface area contributed by atoms with Crippen LogP contribution in [-0.4, -0.2) is 50.0 Å². The predicted octanol–water partition coefficient (Wildman–Crippen LogP) is 1.87. The van der Waals surface area contributed by atoms with E-state index in [-0.39, 0.29) is 23.1 Å². The van der Waals surface area contributed by atoms with E-state index < -0.39 is 6.04 Å². The van der Waals surface area contributed by atoms with Gasteiger partial charge in [-0.3, -0.25) is 14.5 Å². The summed E-state index contributed by atoms with van der Waals surface area (Å²) in [5, 5.41) is 14.7. The summed E-state index contributed by atoms with van der Waals surface area (Å²) in [6.07, 6.45) is 1.85. The molecule has 2 atom stereocenters. The van der Waals surface area contributed by atoms with Crippen LogP contribution in [0.4, 0.5) is 5.69 Å². The summed E-state index contributed by atoms with van der Waals surface area (Å²) in [5.41, 5.74) is 7.04. The van der Waals surface area contributed by atoms with Gasteiger partial charge >= 0.3 is 0 Å². The van der Waals surface area contributed by atoms with Crippen molar-refractivity contribution in [3.8, 4) is 0 Å². The average Bonchev–Trinajstić information content (AvgIpc) is 3.19. The van der Waals surface area contributed by atoms with Crippen LogP contribution in [0.3, 0.4) is 0 Å². The number of benzene rings is 1. The molecule has 3 rings (SSSR count). The first-order valence-electron chi connectivity index (χ1n) is 10.3. The third-order valence-electron chi connectivity index (χ3n) is 5.45. The Morgan fingerprint density at radius 3 is 2.60 bits per heavy atom.